The summed E-state index contributed by atoms with van der Waals surface area (Å²) in [6.45, 7) is 6.11. The molecule has 3 heteroatoms. The van der Waals surface area contributed by atoms with Gasteiger partial charge in [0.1, 0.15) is 5.75 Å². The van der Waals surface area contributed by atoms with Crippen LogP contribution in [0.15, 0.2) is 12.1 Å². The van der Waals surface area contributed by atoms with Crippen LogP contribution in [0.25, 0.3) is 0 Å². The number of hydrogen-bond donors (Lipinski definition) is 3. The van der Waals surface area contributed by atoms with Crippen molar-refractivity contribution >= 4 is 0 Å². The molecule has 78 valence electrons. The highest BCUT2D eigenvalue weighted by molar-refractivity contribution is 5.48. The zero-order chi connectivity index (χ0) is 10.9. The van der Waals surface area contributed by atoms with Gasteiger partial charge in [-0.15, -0.1) is 0 Å². The summed E-state index contributed by atoms with van der Waals surface area (Å²) in [6.07, 6.45) is 0.646. The zero-order valence-electron chi connectivity index (χ0n) is 8.70. The van der Waals surface area contributed by atoms with E-state index >= 15 is 0 Å². The topological polar surface area (TPSA) is 60.7 Å². The molecule has 0 saturated carbocycles. The predicted octanol–water partition coefficient (Wildman–Crippen LogP) is 2.39. The first-order chi connectivity index (χ1) is 6.29. The Labute approximate surface area is 83.6 Å². The summed E-state index contributed by atoms with van der Waals surface area (Å²) in [5.74, 6) is -0.461. The van der Waals surface area contributed by atoms with Gasteiger partial charge in [-0.3, -0.25) is 0 Å². The van der Waals surface area contributed by atoms with E-state index in [9.17, 15) is 10.2 Å². The highest BCUT2D eigenvalue weighted by Gasteiger charge is 2.15. The number of phenols is 3. The van der Waals surface area contributed by atoms with E-state index in [0.717, 1.165) is 6.07 Å². The van der Waals surface area contributed by atoms with Gasteiger partial charge in [0.2, 0.25) is 0 Å². The van der Waals surface area contributed by atoms with Crippen LogP contribution < -0.4 is 0 Å². The van der Waals surface area contributed by atoms with Crippen molar-refractivity contribution in [1.29, 1.82) is 0 Å². The lowest BCUT2D eigenvalue weighted by molar-refractivity contribution is 0.377. The Kier molecular flexibility index (Phi) is 2.60. The van der Waals surface area contributed by atoms with Crippen molar-refractivity contribution in [3.8, 4) is 17.2 Å². The molecule has 0 radical (unpaired) electrons. The molecule has 0 fully saturated rings. The van der Waals surface area contributed by atoms with Crippen LogP contribution in [0, 0.1) is 5.41 Å². The maximum atomic E-state index is 9.51. The van der Waals surface area contributed by atoms with Gasteiger partial charge in [-0.1, -0.05) is 20.8 Å². The van der Waals surface area contributed by atoms with Crippen LogP contribution in [0.3, 0.4) is 0 Å². The minimum atomic E-state index is -0.292. The maximum Gasteiger partial charge on any atom is 0.161 e. The van der Waals surface area contributed by atoms with Gasteiger partial charge in [0.15, 0.2) is 11.5 Å². The van der Waals surface area contributed by atoms with Gasteiger partial charge in [0.25, 0.3) is 0 Å². The molecule has 0 saturated heterocycles. The van der Waals surface area contributed by atoms with Crippen LogP contribution in [0.5, 0.6) is 17.2 Å². The molecule has 1 aromatic carbocycles. The largest absolute Gasteiger partial charge is 0.508 e. The van der Waals surface area contributed by atoms with E-state index < -0.39 is 0 Å². The molecule has 0 aromatic heterocycles. The van der Waals surface area contributed by atoms with E-state index in [1.54, 1.807) is 0 Å². The molecule has 3 N–H and O–H groups in total. The van der Waals surface area contributed by atoms with Crippen molar-refractivity contribution < 1.29 is 15.3 Å². The Morgan fingerprint density at radius 1 is 0.929 bits per heavy atom. The smallest absolute Gasteiger partial charge is 0.161 e. The highest BCUT2D eigenvalue weighted by atomic mass is 16.3. The molecule has 1 aromatic rings. The number of phenolic OH excluding ortho intramolecular Hbond substituents is 3. The Morgan fingerprint density at radius 3 is 1.93 bits per heavy atom. The first-order valence-electron chi connectivity index (χ1n) is 4.53. The lowest BCUT2D eigenvalue weighted by Gasteiger charge is -2.19. The van der Waals surface area contributed by atoms with Crippen molar-refractivity contribution in [3.05, 3.63) is 17.7 Å². The summed E-state index contributed by atoms with van der Waals surface area (Å²) < 4.78 is 0. The summed E-state index contributed by atoms with van der Waals surface area (Å²) in [6, 6.07) is 2.56. The van der Waals surface area contributed by atoms with Crippen molar-refractivity contribution in [1.82, 2.24) is 0 Å². The minimum Gasteiger partial charge on any atom is -0.508 e. The van der Waals surface area contributed by atoms with Gasteiger partial charge in [0.05, 0.1) is 0 Å². The van der Waals surface area contributed by atoms with Crippen molar-refractivity contribution in [3.63, 3.8) is 0 Å². The Bertz CT molecular complexity index is 337. The van der Waals surface area contributed by atoms with E-state index in [2.05, 4.69) is 0 Å². The molecule has 0 unspecified atom stereocenters. The SMILES string of the molecule is CC(C)(C)Cc1cc(O)c(O)cc1O. The molecular weight excluding hydrogens is 180 g/mol. The third kappa shape index (κ3) is 2.55. The molecular formula is C11H16O3. The van der Waals surface area contributed by atoms with E-state index in [1.807, 2.05) is 20.8 Å². The lowest BCUT2D eigenvalue weighted by atomic mass is 9.87. The first kappa shape index (κ1) is 10.7. The van der Waals surface area contributed by atoms with Gasteiger partial charge in [-0.2, -0.15) is 0 Å². The predicted molar refractivity (Wildman–Crippen MR) is 54.6 cm³/mol. The molecule has 0 aliphatic carbocycles. The third-order valence-electron chi connectivity index (χ3n) is 1.90. The molecule has 14 heavy (non-hydrogen) atoms. The fourth-order valence-corrected chi connectivity index (χ4v) is 1.32. The molecule has 0 spiro atoms. The molecule has 0 atom stereocenters. The quantitative estimate of drug-likeness (QED) is 0.477. The summed E-state index contributed by atoms with van der Waals surface area (Å²) in [4.78, 5) is 0. The molecule has 1 rings (SSSR count). The van der Waals surface area contributed by atoms with Crippen LogP contribution in [-0.2, 0) is 6.42 Å². The lowest BCUT2D eigenvalue weighted by Crippen LogP contribution is -2.09. The number of rotatable bonds is 1. The van der Waals surface area contributed by atoms with Crippen molar-refractivity contribution in [2.45, 2.75) is 27.2 Å². The van der Waals surface area contributed by atoms with Crippen LogP contribution in [-0.4, -0.2) is 15.3 Å². The zero-order valence-corrected chi connectivity index (χ0v) is 8.70. The Balaban J connectivity index is 3.04. The second-order valence-corrected chi connectivity index (χ2v) is 4.71. The van der Waals surface area contributed by atoms with Crippen LogP contribution >= 0.6 is 0 Å². The maximum absolute atomic E-state index is 9.51. The second-order valence-electron chi connectivity index (χ2n) is 4.71. The normalized spacial score (nSPS) is 11.6. The average Bonchev–Trinajstić information content (AvgIpc) is 1.97. The third-order valence-corrected chi connectivity index (χ3v) is 1.90. The fourth-order valence-electron chi connectivity index (χ4n) is 1.32. The summed E-state index contributed by atoms with van der Waals surface area (Å²) in [5, 5.41) is 27.9. The summed E-state index contributed by atoms with van der Waals surface area (Å²) in [5.41, 5.74) is 0.675. The van der Waals surface area contributed by atoms with Gasteiger partial charge >= 0.3 is 0 Å². The van der Waals surface area contributed by atoms with Gasteiger partial charge in [-0.25, -0.2) is 0 Å². The van der Waals surface area contributed by atoms with Crippen molar-refractivity contribution in [2.75, 3.05) is 0 Å². The van der Waals surface area contributed by atoms with E-state index in [1.165, 1.54) is 6.07 Å². The monoisotopic (exact) mass is 196 g/mol. The van der Waals surface area contributed by atoms with Crippen LogP contribution in [0.4, 0.5) is 0 Å². The number of hydrogen-bond acceptors (Lipinski definition) is 3. The number of benzene rings is 1. The van der Waals surface area contributed by atoms with E-state index in [4.69, 9.17) is 5.11 Å². The minimum absolute atomic E-state index is 0.0234. The summed E-state index contributed by atoms with van der Waals surface area (Å²) >= 11 is 0. The van der Waals surface area contributed by atoms with Crippen LogP contribution in [0.2, 0.25) is 0 Å². The van der Waals surface area contributed by atoms with Gasteiger partial charge in [-0.05, 0) is 23.5 Å². The number of aromatic hydroxyl groups is 3. The molecule has 0 aliphatic rings. The van der Waals surface area contributed by atoms with Gasteiger partial charge < -0.3 is 15.3 Å². The van der Waals surface area contributed by atoms with Crippen LogP contribution in [0.1, 0.15) is 26.3 Å². The molecule has 0 bridgehead atoms. The standard InChI is InChI=1S/C11H16O3/c1-11(2,3)6-7-4-9(13)10(14)5-8(7)12/h4-5,12-14H,6H2,1-3H3. The molecule has 3 nitrogen and oxygen atoms in total. The summed E-state index contributed by atoms with van der Waals surface area (Å²) in [7, 11) is 0. The second kappa shape index (κ2) is 3.40. The average molecular weight is 196 g/mol. The van der Waals surface area contributed by atoms with E-state index in [0.29, 0.717) is 12.0 Å². The van der Waals surface area contributed by atoms with Crippen molar-refractivity contribution in [2.24, 2.45) is 5.41 Å². The fraction of sp³-hybridized carbons (Fsp3) is 0.455. The molecule has 0 heterocycles. The first-order valence-corrected chi connectivity index (χ1v) is 4.53. The highest BCUT2D eigenvalue weighted by Crippen LogP contribution is 2.35. The molecule has 0 aliphatic heterocycles. The Hall–Kier alpha value is -1.38. The van der Waals surface area contributed by atoms with Gasteiger partial charge in [0, 0.05) is 6.07 Å². The Morgan fingerprint density at radius 2 is 1.43 bits per heavy atom. The molecule has 0 amide bonds. The van der Waals surface area contributed by atoms with E-state index in [-0.39, 0.29) is 22.7 Å².